The monoisotopic (exact) mass is 362 g/mol. The molecule has 0 aromatic carbocycles. The summed E-state index contributed by atoms with van der Waals surface area (Å²) in [5.41, 5.74) is 0. The zero-order valence-electron chi connectivity index (χ0n) is 9.82. The molecule has 14 heteroatoms. The Morgan fingerprint density at radius 3 is 1.18 bits per heavy atom. The van der Waals surface area contributed by atoms with Crippen LogP contribution in [0.25, 0.3) is 0 Å². The molecule has 1 unspecified atom stereocenters. The Morgan fingerprint density at radius 2 is 0.955 bits per heavy atom. The lowest BCUT2D eigenvalue weighted by molar-refractivity contribution is -0.413. The normalized spacial score (nSPS) is 27.0. The van der Waals surface area contributed by atoms with Crippen molar-refractivity contribution in [3.63, 3.8) is 0 Å². The third kappa shape index (κ3) is 1.91. The van der Waals surface area contributed by atoms with Crippen LogP contribution >= 0.6 is 0 Å². The molecule has 0 aromatic rings. The Kier molecular flexibility index (Phi) is 3.57. The minimum Gasteiger partial charge on any atom is -0.265 e. The summed E-state index contributed by atoms with van der Waals surface area (Å²) in [7, 11) is 0. The first-order valence-electron chi connectivity index (χ1n) is 4.87. The molecule has 0 bridgehead atoms. The molecule has 0 aliphatic carbocycles. The second kappa shape index (κ2) is 4.12. The summed E-state index contributed by atoms with van der Waals surface area (Å²) in [5.74, 6) is -41.6. The summed E-state index contributed by atoms with van der Waals surface area (Å²) < 4.78 is 167. The van der Waals surface area contributed by atoms with Gasteiger partial charge < -0.3 is 0 Å². The van der Waals surface area contributed by atoms with Crippen molar-refractivity contribution in [1.29, 1.82) is 0 Å². The fraction of sp³-hybridized carbons (Fsp3) is 1.00. The summed E-state index contributed by atoms with van der Waals surface area (Å²) in [6.07, 6.45) is -5.69. The van der Waals surface area contributed by atoms with Gasteiger partial charge in [0.2, 0.25) is 0 Å². The Labute approximate surface area is 112 Å². The molecule has 1 nitrogen and oxygen atoms in total. The maximum absolute atomic E-state index is 12.9. The van der Waals surface area contributed by atoms with E-state index in [1.54, 1.807) is 0 Å². The van der Waals surface area contributed by atoms with Crippen LogP contribution in [0.15, 0.2) is 0 Å². The van der Waals surface area contributed by atoms with Crippen molar-refractivity contribution in [2.45, 2.75) is 48.5 Å². The average molecular weight is 362 g/mol. The predicted octanol–water partition coefficient (Wildman–Crippen LogP) is 4.47. The van der Waals surface area contributed by atoms with Crippen LogP contribution < -0.4 is 0 Å². The van der Waals surface area contributed by atoms with E-state index in [1.165, 1.54) is 0 Å². The van der Waals surface area contributed by atoms with Crippen molar-refractivity contribution < 1.29 is 61.8 Å². The Hall–Kier alpha value is -0.950. The molecule has 1 aliphatic heterocycles. The molecule has 0 spiro atoms. The van der Waals surface area contributed by atoms with E-state index in [9.17, 15) is 57.1 Å². The molecule has 0 aromatic heterocycles. The zero-order valence-corrected chi connectivity index (χ0v) is 9.82. The van der Waals surface area contributed by atoms with E-state index in [4.69, 9.17) is 0 Å². The highest BCUT2D eigenvalue weighted by Crippen LogP contribution is 2.68. The molecule has 22 heavy (non-hydrogen) atoms. The lowest BCUT2D eigenvalue weighted by Gasteiger charge is -2.38. The molecule has 0 radical (unpaired) electrons. The van der Waals surface area contributed by atoms with E-state index in [0.717, 1.165) is 0 Å². The summed E-state index contributed by atoms with van der Waals surface area (Å²) in [5, 5.41) is 0. The predicted molar refractivity (Wildman–Crippen MR) is 40.3 cm³/mol. The first-order valence-corrected chi connectivity index (χ1v) is 4.87. The van der Waals surface area contributed by atoms with Crippen molar-refractivity contribution >= 4 is 0 Å². The molecule has 0 amide bonds. The van der Waals surface area contributed by atoms with Crippen molar-refractivity contribution in [2.75, 3.05) is 0 Å². The van der Waals surface area contributed by atoms with Gasteiger partial charge in [-0.3, -0.25) is 4.74 Å². The summed E-state index contributed by atoms with van der Waals surface area (Å²) in [4.78, 5) is 0. The van der Waals surface area contributed by atoms with Gasteiger partial charge in [-0.05, 0) is 0 Å². The molecule has 0 saturated carbocycles. The molecule has 1 heterocycles. The molecule has 1 saturated heterocycles. The SMILES string of the molecule is CC(F)(F)C(F)(F)C(F)(F)C(F)(F)C(F)(F)C1(F)OC1(F)F. The second-order valence-electron chi connectivity index (χ2n) is 4.40. The van der Waals surface area contributed by atoms with Crippen LogP contribution in [0.5, 0.6) is 0 Å². The van der Waals surface area contributed by atoms with Gasteiger partial charge >= 0.3 is 41.6 Å². The maximum Gasteiger partial charge on any atom is 0.424 e. The van der Waals surface area contributed by atoms with Gasteiger partial charge in [0.1, 0.15) is 0 Å². The highest BCUT2D eigenvalue weighted by Gasteiger charge is 2.99. The Bertz CT molecular complexity index is 463. The van der Waals surface area contributed by atoms with Gasteiger partial charge in [-0.15, -0.1) is 0 Å². The van der Waals surface area contributed by atoms with Gasteiger partial charge in [0.15, 0.2) is 0 Å². The number of ether oxygens (including phenoxy) is 1. The summed E-state index contributed by atoms with van der Waals surface area (Å²) in [6, 6.07) is 0. The number of hydrogen-bond acceptors (Lipinski definition) is 1. The molecule has 1 fully saturated rings. The van der Waals surface area contributed by atoms with Gasteiger partial charge in [-0.1, -0.05) is 0 Å². The fourth-order valence-electron chi connectivity index (χ4n) is 1.27. The third-order valence-electron chi connectivity index (χ3n) is 2.74. The fourth-order valence-corrected chi connectivity index (χ4v) is 1.27. The van der Waals surface area contributed by atoms with Gasteiger partial charge in [0.05, 0.1) is 0 Å². The van der Waals surface area contributed by atoms with Crippen LogP contribution in [0.3, 0.4) is 0 Å². The van der Waals surface area contributed by atoms with E-state index in [1.807, 2.05) is 0 Å². The number of alkyl halides is 13. The summed E-state index contributed by atoms with van der Waals surface area (Å²) in [6.45, 7) is -1.01. The molecular weight excluding hydrogens is 359 g/mol. The molecule has 1 aliphatic rings. The van der Waals surface area contributed by atoms with Gasteiger partial charge in [0, 0.05) is 6.92 Å². The van der Waals surface area contributed by atoms with E-state index < -0.39 is 48.5 Å². The van der Waals surface area contributed by atoms with Crippen molar-refractivity contribution in [3.8, 4) is 0 Å². The molecule has 1 rings (SSSR count). The molecular formula is C8H3F13O. The minimum atomic E-state index is -7.64. The van der Waals surface area contributed by atoms with E-state index >= 15 is 0 Å². The van der Waals surface area contributed by atoms with Crippen molar-refractivity contribution in [1.82, 2.24) is 0 Å². The highest BCUT2D eigenvalue weighted by molar-refractivity contribution is 5.17. The highest BCUT2D eigenvalue weighted by atomic mass is 19.4. The quantitative estimate of drug-likeness (QED) is 0.519. The summed E-state index contributed by atoms with van der Waals surface area (Å²) >= 11 is 0. The van der Waals surface area contributed by atoms with Crippen LogP contribution in [0.1, 0.15) is 6.92 Å². The maximum atomic E-state index is 12.9. The van der Waals surface area contributed by atoms with Crippen molar-refractivity contribution in [3.05, 3.63) is 0 Å². The molecule has 132 valence electrons. The van der Waals surface area contributed by atoms with Crippen molar-refractivity contribution in [2.24, 2.45) is 0 Å². The first-order chi connectivity index (χ1) is 9.21. The number of epoxide rings is 1. The van der Waals surface area contributed by atoms with Gasteiger partial charge in [0.25, 0.3) is 0 Å². The van der Waals surface area contributed by atoms with Crippen LogP contribution in [0.4, 0.5) is 57.1 Å². The van der Waals surface area contributed by atoms with Gasteiger partial charge in [-0.2, -0.15) is 57.1 Å². The van der Waals surface area contributed by atoms with E-state index in [2.05, 4.69) is 4.74 Å². The van der Waals surface area contributed by atoms with Crippen LogP contribution in [0, 0.1) is 0 Å². The van der Waals surface area contributed by atoms with E-state index in [0.29, 0.717) is 0 Å². The number of halogens is 13. The second-order valence-corrected chi connectivity index (χ2v) is 4.40. The zero-order chi connectivity index (χ0) is 18.2. The van der Waals surface area contributed by atoms with Crippen LogP contribution in [0.2, 0.25) is 0 Å². The minimum absolute atomic E-state index is 1.01. The van der Waals surface area contributed by atoms with Crippen LogP contribution in [-0.2, 0) is 4.74 Å². The van der Waals surface area contributed by atoms with Crippen LogP contribution in [-0.4, -0.2) is 41.6 Å². The molecule has 1 atom stereocenters. The standard InChI is InChI=1S/C8H3F13O/c1-2(9,10)3(11,12)4(13,14)5(15,16)6(17,18)7(19)8(20,21)22-7/h1H3. The Morgan fingerprint density at radius 1 is 0.636 bits per heavy atom. The largest absolute Gasteiger partial charge is 0.424 e. The topological polar surface area (TPSA) is 12.5 Å². The lowest BCUT2D eigenvalue weighted by atomic mass is 9.92. The number of hydrogen-bond donors (Lipinski definition) is 0. The Balaban J connectivity index is 3.40. The third-order valence-corrected chi connectivity index (χ3v) is 2.74. The van der Waals surface area contributed by atoms with Gasteiger partial charge in [-0.25, -0.2) is 0 Å². The molecule has 0 N–H and O–H groups in total. The smallest absolute Gasteiger partial charge is 0.265 e. The first kappa shape index (κ1) is 19.1. The van der Waals surface area contributed by atoms with E-state index in [-0.39, 0.29) is 0 Å². The number of rotatable bonds is 5. The lowest BCUT2D eigenvalue weighted by Crippen LogP contribution is -2.69. The average Bonchev–Trinajstić information content (AvgIpc) is 2.77.